The van der Waals surface area contributed by atoms with Crippen molar-refractivity contribution in [2.75, 3.05) is 11.9 Å². The summed E-state index contributed by atoms with van der Waals surface area (Å²) in [6.45, 7) is 2.59. The quantitative estimate of drug-likeness (QED) is 0.186. The molecule has 1 aromatic rings. The molecule has 0 fully saturated rings. The second-order valence-corrected chi connectivity index (χ2v) is 8.57. The molecular weight excluding hydrogens is 424 g/mol. The van der Waals surface area contributed by atoms with E-state index < -0.39 is 12.6 Å². The molecule has 0 bridgehead atoms. The minimum absolute atomic E-state index is 0.197. The van der Waals surface area contributed by atoms with Crippen molar-refractivity contribution in [3.8, 4) is 5.75 Å². The number of carboxylic acid groups (broad SMARTS) is 1. The zero-order chi connectivity index (χ0) is 24.6. The van der Waals surface area contributed by atoms with Gasteiger partial charge in [-0.15, -0.1) is 0 Å². The van der Waals surface area contributed by atoms with Crippen molar-refractivity contribution in [2.24, 2.45) is 0 Å². The molecule has 0 amide bonds. The number of aliphatic carboxylic acids is 1. The average Bonchev–Trinajstić information content (AvgIpc) is 2.78. The Hall–Kier alpha value is -1.85. The van der Waals surface area contributed by atoms with Crippen LogP contribution in [0.15, 0.2) is 24.3 Å². The predicted molar refractivity (Wildman–Crippen MR) is 134 cm³/mol. The molecule has 0 spiro atoms. The molecule has 192 valence electrons. The second kappa shape index (κ2) is 23.3. The fourth-order valence-corrected chi connectivity index (χ4v) is 3.48. The van der Waals surface area contributed by atoms with Gasteiger partial charge in [0.1, 0.15) is 5.75 Å². The van der Waals surface area contributed by atoms with Crippen molar-refractivity contribution in [2.45, 2.75) is 123 Å². The third-order valence-electron chi connectivity index (χ3n) is 5.43. The van der Waals surface area contributed by atoms with Crippen molar-refractivity contribution < 1.29 is 23.4 Å². The summed E-state index contributed by atoms with van der Waals surface area (Å²) in [7, 11) is 0. The van der Waals surface area contributed by atoms with Crippen LogP contribution in [0.1, 0.15) is 117 Å². The van der Waals surface area contributed by atoms with Gasteiger partial charge in [0.2, 0.25) is 0 Å². The smallest absolute Gasteiger partial charge is 0.387 e. The lowest BCUT2D eigenvalue weighted by Gasteiger charge is -2.08. The summed E-state index contributed by atoms with van der Waals surface area (Å²) in [5.74, 6) is -0.466. The average molecular weight is 472 g/mol. The van der Waals surface area contributed by atoms with E-state index in [-0.39, 0.29) is 5.75 Å². The van der Waals surface area contributed by atoms with Gasteiger partial charge in [0.15, 0.2) is 0 Å². The van der Waals surface area contributed by atoms with Gasteiger partial charge in [0.05, 0.1) is 0 Å². The van der Waals surface area contributed by atoms with E-state index in [1.165, 1.54) is 77.0 Å². The normalized spacial score (nSPS) is 10.6. The van der Waals surface area contributed by atoms with Crippen molar-refractivity contribution in [1.82, 2.24) is 0 Å². The van der Waals surface area contributed by atoms with Crippen LogP contribution in [0.2, 0.25) is 0 Å². The van der Waals surface area contributed by atoms with Crippen LogP contribution in [0.3, 0.4) is 0 Å². The first-order valence-corrected chi connectivity index (χ1v) is 13.0. The van der Waals surface area contributed by atoms with Gasteiger partial charge in [0, 0.05) is 18.7 Å². The van der Waals surface area contributed by atoms with Gasteiger partial charge in [-0.3, -0.25) is 4.79 Å². The molecule has 1 aromatic carbocycles. The number of hydrogen-bond donors (Lipinski definition) is 2. The minimum Gasteiger partial charge on any atom is -0.481 e. The Morgan fingerprint density at radius 1 is 0.788 bits per heavy atom. The summed E-state index contributed by atoms with van der Waals surface area (Å²) in [4.78, 5) is 10.1. The number of carbonyl (C=O) groups is 1. The van der Waals surface area contributed by atoms with Crippen LogP contribution in [0.5, 0.6) is 5.75 Å². The monoisotopic (exact) mass is 471 g/mol. The van der Waals surface area contributed by atoms with Crippen LogP contribution >= 0.6 is 0 Å². The summed E-state index contributed by atoms with van der Waals surface area (Å²) >= 11 is 0. The number of halogens is 2. The van der Waals surface area contributed by atoms with Gasteiger partial charge >= 0.3 is 12.6 Å². The number of hydrogen-bond acceptors (Lipinski definition) is 3. The van der Waals surface area contributed by atoms with E-state index in [0.717, 1.165) is 31.5 Å². The number of nitrogens with one attached hydrogen (secondary N) is 1. The van der Waals surface area contributed by atoms with E-state index >= 15 is 0 Å². The summed E-state index contributed by atoms with van der Waals surface area (Å²) in [5.41, 5.74) is 0.944. The molecule has 0 saturated heterocycles. The highest BCUT2D eigenvalue weighted by Gasteiger charge is 2.03. The molecule has 0 saturated carbocycles. The highest BCUT2D eigenvalue weighted by atomic mass is 19.3. The van der Waals surface area contributed by atoms with E-state index in [1.807, 2.05) is 0 Å². The maximum Gasteiger partial charge on any atom is 0.387 e. The molecule has 4 nitrogen and oxygen atoms in total. The highest BCUT2D eigenvalue weighted by Crippen LogP contribution is 2.18. The number of carboxylic acids is 1. The Morgan fingerprint density at radius 2 is 1.24 bits per heavy atom. The fourth-order valence-electron chi connectivity index (χ4n) is 3.48. The minimum atomic E-state index is -2.76. The zero-order valence-corrected chi connectivity index (χ0v) is 20.9. The first kappa shape index (κ1) is 31.1. The molecule has 33 heavy (non-hydrogen) atoms. The van der Waals surface area contributed by atoms with Crippen molar-refractivity contribution in [3.05, 3.63) is 24.3 Å². The third kappa shape index (κ3) is 23.1. The van der Waals surface area contributed by atoms with E-state index in [4.69, 9.17) is 5.11 Å². The van der Waals surface area contributed by atoms with Gasteiger partial charge in [-0.2, -0.15) is 8.78 Å². The van der Waals surface area contributed by atoms with Gasteiger partial charge in [0.25, 0.3) is 0 Å². The fraction of sp³-hybridized carbons (Fsp3) is 0.741. The zero-order valence-electron chi connectivity index (χ0n) is 20.9. The van der Waals surface area contributed by atoms with Crippen LogP contribution < -0.4 is 10.1 Å². The first-order valence-electron chi connectivity index (χ1n) is 13.0. The van der Waals surface area contributed by atoms with E-state index in [0.29, 0.717) is 6.42 Å². The lowest BCUT2D eigenvalue weighted by atomic mass is 10.1. The lowest BCUT2D eigenvalue weighted by molar-refractivity contribution is -0.137. The molecule has 0 aliphatic heterocycles. The summed E-state index contributed by atoms with van der Waals surface area (Å²) in [6, 6.07) is 6.65. The SMILES string of the molecule is CCCCCCCCCC(=O)O.CCCCCCCCCCNc1ccc(OC(F)F)cc1. The van der Waals surface area contributed by atoms with Gasteiger partial charge in [-0.25, -0.2) is 0 Å². The number of unbranched alkanes of at least 4 members (excludes halogenated alkanes) is 13. The summed E-state index contributed by atoms with van der Waals surface area (Å²) < 4.78 is 28.3. The molecule has 2 N–H and O–H groups in total. The Labute approximate surface area is 200 Å². The van der Waals surface area contributed by atoms with Crippen LogP contribution in [-0.2, 0) is 4.79 Å². The topological polar surface area (TPSA) is 58.6 Å². The van der Waals surface area contributed by atoms with Gasteiger partial charge in [-0.1, -0.05) is 97.3 Å². The molecule has 0 aromatic heterocycles. The Balaban J connectivity index is 0.000000728. The molecule has 0 aliphatic carbocycles. The predicted octanol–water partition coefficient (Wildman–Crippen LogP) is 9.05. The maximum absolute atomic E-state index is 12.0. The molecule has 0 aliphatic rings. The largest absolute Gasteiger partial charge is 0.481 e. The lowest BCUT2D eigenvalue weighted by Crippen LogP contribution is -2.03. The molecule has 0 atom stereocenters. The van der Waals surface area contributed by atoms with E-state index in [2.05, 4.69) is 23.9 Å². The van der Waals surface area contributed by atoms with Crippen molar-refractivity contribution >= 4 is 11.7 Å². The maximum atomic E-state index is 12.0. The summed E-state index contributed by atoms with van der Waals surface area (Å²) in [6.07, 6.45) is 19.0. The second-order valence-electron chi connectivity index (χ2n) is 8.57. The van der Waals surface area contributed by atoms with Crippen molar-refractivity contribution in [3.63, 3.8) is 0 Å². The van der Waals surface area contributed by atoms with Crippen LogP contribution in [0.25, 0.3) is 0 Å². The van der Waals surface area contributed by atoms with Crippen molar-refractivity contribution in [1.29, 1.82) is 0 Å². The molecule has 6 heteroatoms. The number of rotatable bonds is 20. The Kier molecular flexibility index (Phi) is 22.0. The van der Waals surface area contributed by atoms with Gasteiger partial charge < -0.3 is 15.2 Å². The van der Waals surface area contributed by atoms with Gasteiger partial charge in [-0.05, 0) is 37.1 Å². The van der Waals surface area contributed by atoms with Crippen LogP contribution in [0, 0.1) is 0 Å². The number of anilines is 1. The molecule has 0 heterocycles. The number of alkyl halides is 2. The molecule has 0 unspecified atom stereocenters. The molecular formula is C27H47F2NO3. The number of ether oxygens (including phenoxy) is 1. The Bertz CT molecular complexity index is 553. The standard InChI is InChI=1S/C17H27F2NO.C10H20O2/c1-2-3-4-5-6-7-8-9-14-20-15-10-12-16(13-11-15)21-17(18)19;1-2-3-4-5-6-7-8-9-10(11)12/h10-13,17,20H,2-9,14H2,1H3;2-9H2,1H3,(H,11,12). The molecule has 0 radical (unpaired) electrons. The first-order chi connectivity index (χ1) is 16.0. The number of benzene rings is 1. The van der Waals surface area contributed by atoms with E-state index in [9.17, 15) is 13.6 Å². The molecule has 1 rings (SSSR count). The van der Waals surface area contributed by atoms with Crippen LogP contribution in [-0.4, -0.2) is 24.2 Å². The highest BCUT2D eigenvalue weighted by molar-refractivity contribution is 5.66. The summed E-state index contributed by atoms with van der Waals surface area (Å²) in [5, 5.41) is 11.6. The third-order valence-corrected chi connectivity index (χ3v) is 5.43. The Morgan fingerprint density at radius 3 is 1.70 bits per heavy atom. The van der Waals surface area contributed by atoms with E-state index in [1.54, 1.807) is 24.3 Å². The van der Waals surface area contributed by atoms with Crippen LogP contribution in [0.4, 0.5) is 14.5 Å².